The Hall–Kier alpha value is -8.59. The molecule has 0 radical (unpaired) electrons. The monoisotopic (exact) mass is 1300 g/mol. The van der Waals surface area contributed by atoms with Crippen LogP contribution in [0.25, 0.3) is 101 Å². The molecule has 6 heterocycles. The minimum absolute atomic E-state index is 0. The fraction of sp³-hybridized carbons (Fsp3) is 0. The fourth-order valence-corrected chi connectivity index (χ4v) is 8.52. The number of nitrogens with zero attached hydrogens (tertiary/aromatic N) is 9. The van der Waals surface area contributed by atoms with Crippen molar-refractivity contribution in [3.8, 4) is 113 Å². The molecule has 0 fully saturated rings. The minimum Gasteiger partial charge on any atom is -0.515 e. The number of pyridine rings is 3. The van der Waals surface area contributed by atoms with Gasteiger partial charge >= 0.3 is 41.2 Å². The Morgan fingerprint density at radius 2 is 0.959 bits per heavy atom. The van der Waals surface area contributed by atoms with Crippen molar-refractivity contribution in [2.75, 3.05) is 0 Å². The van der Waals surface area contributed by atoms with E-state index in [1.165, 1.54) is 0 Å². The summed E-state index contributed by atoms with van der Waals surface area (Å²) >= 11 is 0. The van der Waals surface area contributed by atoms with E-state index in [1.807, 2.05) is 140 Å². The zero-order valence-electron chi connectivity index (χ0n) is 38.4. The molecule has 350 valence electrons. The molecule has 6 aromatic heterocycles. The molecule has 10 nitrogen and oxygen atoms in total. The predicted molar refractivity (Wildman–Crippen MR) is 274 cm³/mol. The van der Waals surface area contributed by atoms with Gasteiger partial charge in [0.05, 0.1) is 36.4 Å². The van der Waals surface area contributed by atoms with Gasteiger partial charge in [-0.3, -0.25) is 6.07 Å². The van der Waals surface area contributed by atoms with Gasteiger partial charge in [0, 0.05) is 47.9 Å². The van der Waals surface area contributed by atoms with Crippen molar-refractivity contribution < 1.29 is 45.9 Å². The van der Waals surface area contributed by atoms with Gasteiger partial charge < -0.3 is 38.8 Å². The van der Waals surface area contributed by atoms with Gasteiger partial charge in [-0.05, 0) is 93.6 Å². The first kappa shape index (κ1) is 48.1. The molecule has 0 N–H and O–H groups in total. The van der Waals surface area contributed by atoms with Crippen LogP contribution in [0.3, 0.4) is 0 Å². The summed E-state index contributed by atoms with van der Waals surface area (Å²) in [6.45, 7) is 0. The molecule has 0 aliphatic rings. The quantitative estimate of drug-likeness (QED) is 0.111. The normalized spacial score (nSPS) is 10.8. The summed E-state index contributed by atoms with van der Waals surface area (Å²) in [6, 6.07) is 71.2. The van der Waals surface area contributed by atoms with Crippen LogP contribution in [0.1, 0.15) is 0 Å². The van der Waals surface area contributed by atoms with Crippen LogP contribution in [0.5, 0.6) is 11.5 Å². The Morgan fingerprint density at radius 3 is 1.51 bits per heavy atom. The molecule has 0 aliphatic heterocycles. The smallest absolute Gasteiger partial charge is 0.515 e. The van der Waals surface area contributed by atoms with Crippen molar-refractivity contribution in [1.29, 1.82) is 0 Å². The van der Waals surface area contributed by atoms with Gasteiger partial charge in [-0.25, -0.2) is 27.7 Å². The standard InChI is InChI=1S/C61H36N9O.Ir.Pt/c1-2-14-53(54-27-22-45(61-67-31-10-32-68-61)37-60(54)71-51-12-9-11-44(36-51)57-17-5-8-30-66-57)52(13-1)46-33-47(58-38-62-40-69(58)49-23-18-42(19-24-49)55-15-3-6-28-64-55)35-48(34-46)59-39-63-41-70(59)50-25-20-43(21-26-50)56-16-4-7-29-65-56;;/h1-18,20,23-35,38-41H;;/q-5;+3;+2. The van der Waals surface area contributed by atoms with Crippen LogP contribution in [0.15, 0.2) is 220 Å². The van der Waals surface area contributed by atoms with Gasteiger partial charge in [-0.2, -0.15) is 0 Å². The van der Waals surface area contributed by atoms with Crippen molar-refractivity contribution in [2.45, 2.75) is 0 Å². The summed E-state index contributed by atoms with van der Waals surface area (Å²) in [6.07, 6.45) is 16.2. The third kappa shape index (κ3) is 10.2. The zero-order valence-corrected chi connectivity index (χ0v) is 43.0. The first-order valence-electron chi connectivity index (χ1n) is 22.7. The van der Waals surface area contributed by atoms with Crippen molar-refractivity contribution in [2.24, 2.45) is 0 Å². The summed E-state index contributed by atoms with van der Waals surface area (Å²) in [5.41, 5.74) is 14.6. The Morgan fingerprint density at radius 1 is 0.425 bits per heavy atom. The van der Waals surface area contributed by atoms with E-state index >= 15 is 0 Å². The first-order chi connectivity index (χ1) is 35.2. The van der Waals surface area contributed by atoms with Crippen molar-refractivity contribution >= 4 is 0 Å². The molecule has 12 aromatic rings. The summed E-state index contributed by atoms with van der Waals surface area (Å²) in [7, 11) is 0. The molecule has 0 unspecified atom stereocenters. The van der Waals surface area contributed by atoms with Gasteiger partial charge in [0.25, 0.3) is 0 Å². The molecule has 0 saturated carbocycles. The maximum Gasteiger partial charge on any atom is 3.00 e. The van der Waals surface area contributed by atoms with Gasteiger partial charge in [0.2, 0.25) is 0 Å². The Labute approximate surface area is 449 Å². The molecule has 6 aromatic carbocycles. The summed E-state index contributed by atoms with van der Waals surface area (Å²) < 4.78 is 10.9. The average Bonchev–Trinajstić information content (AvgIpc) is 4.16. The van der Waals surface area contributed by atoms with Crippen LogP contribution in [-0.4, -0.2) is 44.0 Å². The molecule has 0 aliphatic carbocycles. The average molecular weight is 1300 g/mol. The molecule has 0 bridgehead atoms. The van der Waals surface area contributed by atoms with Crippen LogP contribution in [0.4, 0.5) is 0 Å². The minimum atomic E-state index is 0. The van der Waals surface area contributed by atoms with Crippen LogP contribution >= 0.6 is 0 Å². The van der Waals surface area contributed by atoms with Gasteiger partial charge in [-0.15, -0.1) is 89.0 Å². The molecule has 0 atom stereocenters. The van der Waals surface area contributed by atoms with E-state index in [1.54, 1.807) is 37.1 Å². The van der Waals surface area contributed by atoms with Gasteiger partial charge in [0.15, 0.2) is 0 Å². The van der Waals surface area contributed by atoms with Crippen LogP contribution in [0.2, 0.25) is 0 Å². The van der Waals surface area contributed by atoms with E-state index in [0.717, 1.165) is 89.9 Å². The third-order valence-corrected chi connectivity index (χ3v) is 11.9. The predicted octanol–water partition coefficient (Wildman–Crippen LogP) is 13.2. The number of hydrogen-bond donors (Lipinski definition) is 0. The van der Waals surface area contributed by atoms with Crippen LogP contribution in [-0.2, 0) is 41.2 Å². The molecule has 12 heteroatoms. The first-order valence-corrected chi connectivity index (χ1v) is 22.7. The molecular weight excluding hydrogens is 1260 g/mol. The van der Waals surface area contributed by atoms with E-state index in [9.17, 15) is 0 Å². The summed E-state index contributed by atoms with van der Waals surface area (Å²) in [5.74, 6) is 1.43. The molecule has 0 saturated heterocycles. The molecular formula is C61H36IrN9OPt. The van der Waals surface area contributed by atoms with E-state index < -0.39 is 0 Å². The largest absolute Gasteiger partial charge is 3.00 e. The van der Waals surface area contributed by atoms with Crippen molar-refractivity contribution in [3.05, 3.63) is 250 Å². The molecule has 0 spiro atoms. The van der Waals surface area contributed by atoms with E-state index in [-0.39, 0.29) is 41.2 Å². The number of benzene rings is 6. The summed E-state index contributed by atoms with van der Waals surface area (Å²) in [4.78, 5) is 32.0. The molecule has 0 amide bonds. The van der Waals surface area contributed by atoms with Crippen LogP contribution in [0, 0.1) is 30.3 Å². The topological polar surface area (TPSA) is 109 Å². The number of hydrogen-bond acceptors (Lipinski definition) is 8. The zero-order chi connectivity index (χ0) is 47.3. The second-order valence-electron chi connectivity index (χ2n) is 16.3. The molecule has 73 heavy (non-hydrogen) atoms. The second kappa shape index (κ2) is 21.8. The Balaban J connectivity index is 0.00000306. The van der Waals surface area contributed by atoms with E-state index in [0.29, 0.717) is 22.9 Å². The third-order valence-electron chi connectivity index (χ3n) is 11.9. The van der Waals surface area contributed by atoms with E-state index in [2.05, 4.69) is 107 Å². The Bertz CT molecular complexity index is 3640. The number of imidazole rings is 2. The maximum absolute atomic E-state index is 6.80. The Kier molecular flexibility index (Phi) is 14.4. The number of ether oxygens (including phenoxy) is 1. The summed E-state index contributed by atoms with van der Waals surface area (Å²) in [5, 5.41) is 0. The van der Waals surface area contributed by atoms with E-state index in [4.69, 9.17) is 14.7 Å². The SMILES string of the molecule is [Ir+3].[Pt+2].[c-]1cc(-c2ccccc2-c2cc(-c3cncn3-c3c[c-]c(-c4ccccn4)cc3)cc(-c3cncn3-c3c[c-]c(-c4ccccn4)cc3)c2)c(Oc2[c-]c(-c3ccccn3)ccc2)[c-]c1-c1ncccn1. The maximum atomic E-state index is 6.80. The van der Waals surface area contributed by atoms with Crippen molar-refractivity contribution in [1.82, 2.24) is 44.0 Å². The fourth-order valence-electron chi connectivity index (χ4n) is 8.52. The second-order valence-corrected chi connectivity index (χ2v) is 16.3. The number of rotatable bonds is 12. The number of aromatic nitrogens is 9. The van der Waals surface area contributed by atoms with Gasteiger partial charge in [0.1, 0.15) is 0 Å². The molecule has 12 rings (SSSR count). The van der Waals surface area contributed by atoms with Crippen LogP contribution < -0.4 is 4.74 Å². The van der Waals surface area contributed by atoms with Crippen molar-refractivity contribution in [3.63, 3.8) is 0 Å². The van der Waals surface area contributed by atoms with Gasteiger partial charge in [-0.1, -0.05) is 72.3 Å².